The number of nitrogen functional groups attached to an aromatic ring is 1. The first kappa shape index (κ1) is 14.8. The number of methoxy groups -OCH3 is 1. The largest absolute Gasteiger partial charge is 0.465 e. The molecule has 3 N–H and O–H groups in total. The molecular formula is C16H17FN2O2. The molecular weight excluding hydrogens is 271 g/mol. The van der Waals surface area contributed by atoms with Crippen molar-refractivity contribution in [1.29, 1.82) is 0 Å². The van der Waals surface area contributed by atoms with E-state index >= 15 is 0 Å². The highest BCUT2D eigenvalue weighted by molar-refractivity contribution is 5.96. The van der Waals surface area contributed by atoms with E-state index in [0.717, 1.165) is 11.3 Å². The number of ether oxygens (including phenoxy) is 1. The third-order valence-corrected chi connectivity index (χ3v) is 3.21. The Balaban J connectivity index is 2.19. The third kappa shape index (κ3) is 3.51. The summed E-state index contributed by atoms with van der Waals surface area (Å²) in [5.74, 6) is -0.753. The Morgan fingerprint density at radius 1 is 1.24 bits per heavy atom. The van der Waals surface area contributed by atoms with Crippen molar-refractivity contribution in [3.05, 3.63) is 59.4 Å². The standard InChI is InChI=1S/C16H17FN2O2/c1-10(11-3-5-12(17)6-4-11)19-13-7-8-15(18)14(9-13)16(20)21-2/h3-10,19H,18H2,1-2H3. The molecule has 0 bridgehead atoms. The molecule has 0 amide bonds. The van der Waals surface area contributed by atoms with Crippen LogP contribution < -0.4 is 11.1 Å². The van der Waals surface area contributed by atoms with Crippen LogP contribution in [0.1, 0.15) is 28.9 Å². The number of nitrogens with one attached hydrogen (secondary N) is 1. The summed E-state index contributed by atoms with van der Waals surface area (Å²) in [6.45, 7) is 1.95. The van der Waals surface area contributed by atoms with E-state index in [-0.39, 0.29) is 11.9 Å². The average molecular weight is 288 g/mol. The quantitative estimate of drug-likeness (QED) is 0.669. The second-order valence-corrected chi connectivity index (χ2v) is 4.71. The normalized spacial score (nSPS) is 11.8. The molecule has 0 saturated carbocycles. The summed E-state index contributed by atoms with van der Waals surface area (Å²) in [6.07, 6.45) is 0. The zero-order valence-corrected chi connectivity index (χ0v) is 11.9. The van der Waals surface area contributed by atoms with Gasteiger partial charge in [-0.3, -0.25) is 0 Å². The number of hydrogen-bond donors (Lipinski definition) is 2. The Hall–Kier alpha value is -2.56. The highest BCUT2D eigenvalue weighted by Gasteiger charge is 2.12. The van der Waals surface area contributed by atoms with Crippen LogP contribution in [0.25, 0.3) is 0 Å². The van der Waals surface area contributed by atoms with Crippen molar-refractivity contribution in [1.82, 2.24) is 0 Å². The number of carbonyl (C=O) groups is 1. The van der Waals surface area contributed by atoms with Gasteiger partial charge in [0.1, 0.15) is 5.82 Å². The van der Waals surface area contributed by atoms with Crippen molar-refractivity contribution < 1.29 is 13.9 Å². The first-order chi connectivity index (χ1) is 10.0. The van der Waals surface area contributed by atoms with Crippen molar-refractivity contribution in [3.8, 4) is 0 Å². The SMILES string of the molecule is COC(=O)c1cc(NC(C)c2ccc(F)cc2)ccc1N. The highest BCUT2D eigenvalue weighted by atomic mass is 19.1. The van der Waals surface area contributed by atoms with Crippen LogP contribution >= 0.6 is 0 Å². The fourth-order valence-electron chi connectivity index (χ4n) is 2.02. The minimum atomic E-state index is -0.481. The minimum absolute atomic E-state index is 0.0419. The number of anilines is 2. The lowest BCUT2D eigenvalue weighted by Gasteiger charge is -2.16. The summed E-state index contributed by atoms with van der Waals surface area (Å²) in [5, 5.41) is 3.24. The molecule has 5 heteroatoms. The van der Waals surface area contributed by atoms with Gasteiger partial charge >= 0.3 is 5.97 Å². The van der Waals surface area contributed by atoms with Gasteiger partial charge in [-0.05, 0) is 42.8 Å². The van der Waals surface area contributed by atoms with E-state index in [1.54, 1.807) is 30.3 Å². The van der Waals surface area contributed by atoms with Crippen LogP contribution in [0.2, 0.25) is 0 Å². The van der Waals surface area contributed by atoms with Gasteiger partial charge in [-0.2, -0.15) is 0 Å². The molecule has 2 aromatic rings. The van der Waals surface area contributed by atoms with Gasteiger partial charge in [0.2, 0.25) is 0 Å². The summed E-state index contributed by atoms with van der Waals surface area (Å²) in [6, 6.07) is 11.3. The Labute approximate surface area is 122 Å². The molecule has 2 aromatic carbocycles. The van der Waals surface area contributed by atoms with Crippen molar-refractivity contribution in [2.24, 2.45) is 0 Å². The van der Waals surface area contributed by atoms with Crippen LogP contribution in [0.4, 0.5) is 15.8 Å². The maximum Gasteiger partial charge on any atom is 0.340 e. The van der Waals surface area contributed by atoms with Crippen LogP contribution in [0.3, 0.4) is 0 Å². The molecule has 21 heavy (non-hydrogen) atoms. The number of carbonyl (C=O) groups excluding carboxylic acids is 1. The van der Waals surface area contributed by atoms with Crippen LogP contribution in [-0.4, -0.2) is 13.1 Å². The molecule has 4 nitrogen and oxygen atoms in total. The maximum absolute atomic E-state index is 12.9. The van der Waals surface area contributed by atoms with E-state index in [1.807, 2.05) is 6.92 Å². The predicted molar refractivity (Wildman–Crippen MR) is 80.6 cm³/mol. The van der Waals surface area contributed by atoms with E-state index in [9.17, 15) is 9.18 Å². The van der Waals surface area contributed by atoms with Gasteiger partial charge < -0.3 is 15.8 Å². The molecule has 0 aliphatic carbocycles. The third-order valence-electron chi connectivity index (χ3n) is 3.21. The van der Waals surface area contributed by atoms with Crippen molar-refractivity contribution in [2.45, 2.75) is 13.0 Å². The summed E-state index contributed by atoms with van der Waals surface area (Å²) in [5.41, 5.74) is 8.11. The number of rotatable bonds is 4. The van der Waals surface area contributed by atoms with E-state index in [0.29, 0.717) is 11.3 Å². The molecule has 0 spiro atoms. The molecule has 0 fully saturated rings. The number of benzene rings is 2. The summed E-state index contributed by atoms with van der Waals surface area (Å²) < 4.78 is 17.6. The van der Waals surface area contributed by atoms with Crippen LogP contribution in [0.5, 0.6) is 0 Å². The zero-order chi connectivity index (χ0) is 15.4. The van der Waals surface area contributed by atoms with Crippen molar-refractivity contribution >= 4 is 17.3 Å². The van der Waals surface area contributed by atoms with E-state index in [1.165, 1.54) is 19.2 Å². The highest BCUT2D eigenvalue weighted by Crippen LogP contribution is 2.23. The lowest BCUT2D eigenvalue weighted by molar-refractivity contribution is 0.0602. The first-order valence-electron chi connectivity index (χ1n) is 6.51. The van der Waals surface area contributed by atoms with Gasteiger partial charge in [-0.15, -0.1) is 0 Å². The summed E-state index contributed by atoms with van der Waals surface area (Å²) in [7, 11) is 1.31. The fourth-order valence-corrected chi connectivity index (χ4v) is 2.02. The number of halogens is 1. The summed E-state index contributed by atoms with van der Waals surface area (Å²) in [4.78, 5) is 11.6. The molecule has 2 rings (SSSR count). The molecule has 0 aliphatic rings. The lowest BCUT2D eigenvalue weighted by atomic mass is 10.1. The topological polar surface area (TPSA) is 64.3 Å². The molecule has 0 radical (unpaired) electrons. The monoisotopic (exact) mass is 288 g/mol. The van der Waals surface area contributed by atoms with Gasteiger partial charge in [0, 0.05) is 17.4 Å². The van der Waals surface area contributed by atoms with Gasteiger partial charge in [-0.1, -0.05) is 12.1 Å². The fraction of sp³-hybridized carbons (Fsp3) is 0.188. The lowest BCUT2D eigenvalue weighted by Crippen LogP contribution is -2.10. The Bertz CT molecular complexity index is 641. The number of hydrogen-bond acceptors (Lipinski definition) is 4. The molecule has 0 heterocycles. The molecule has 0 aliphatic heterocycles. The van der Waals surface area contributed by atoms with Gasteiger partial charge in [0.25, 0.3) is 0 Å². The maximum atomic E-state index is 12.9. The first-order valence-corrected chi connectivity index (χ1v) is 6.51. The summed E-state index contributed by atoms with van der Waals surface area (Å²) >= 11 is 0. The average Bonchev–Trinajstić information content (AvgIpc) is 2.49. The van der Waals surface area contributed by atoms with Crippen LogP contribution in [0.15, 0.2) is 42.5 Å². The Morgan fingerprint density at radius 2 is 1.90 bits per heavy atom. The van der Waals surface area contributed by atoms with E-state index in [2.05, 4.69) is 10.1 Å². The van der Waals surface area contributed by atoms with Gasteiger partial charge in [-0.25, -0.2) is 9.18 Å². The number of esters is 1. The van der Waals surface area contributed by atoms with Crippen molar-refractivity contribution in [3.63, 3.8) is 0 Å². The second-order valence-electron chi connectivity index (χ2n) is 4.71. The molecule has 0 saturated heterocycles. The van der Waals surface area contributed by atoms with Crippen LogP contribution in [-0.2, 0) is 4.74 Å². The molecule has 1 atom stereocenters. The van der Waals surface area contributed by atoms with Crippen molar-refractivity contribution in [2.75, 3.05) is 18.2 Å². The molecule has 110 valence electrons. The molecule has 1 unspecified atom stereocenters. The number of nitrogens with two attached hydrogens (primary N) is 1. The van der Waals surface area contributed by atoms with Gasteiger partial charge in [0.05, 0.1) is 12.7 Å². The second kappa shape index (κ2) is 6.26. The zero-order valence-electron chi connectivity index (χ0n) is 11.9. The van der Waals surface area contributed by atoms with Gasteiger partial charge in [0.15, 0.2) is 0 Å². The Morgan fingerprint density at radius 3 is 2.52 bits per heavy atom. The van der Waals surface area contributed by atoms with E-state index < -0.39 is 5.97 Å². The smallest absolute Gasteiger partial charge is 0.340 e. The van der Waals surface area contributed by atoms with E-state index in [4.69, 9.17) is 5.73 Å². The minimum Gasteiger partial charge on any atom is -0.465 e. The van der Waals surface area contributed by atoms with Crippen LogP contribution in [0, 0.1) is 5.82 Å². The molecule has 0 aromatic heterocycles. The Kier molecular flexibility index (Phi) is 4.42. The predicted octanol–water partition coefficient (Wildman–Crippen LogP) is 3.37.